The van der Waals surface area contributed by atoms with Crippen LogP contribution in [0.25, 0.3) is 0 Å². The first-order chi connectivity index (χ1) is 12.2. The van der Waals surface area contributed by atoms with Gasteiger partial charge in [0.2, 0.25) is 0 Å². The van der Waals surface area contributed by atoms with Crippen LogP contribution in [0.4, 0.5) is 4.79 Å². The van der Waals surface area contributed by atoms with Gasteiger partial charge >= 0.3 is 6.03 Å². The van der Waals surface area contributed by atoms with Crippen LogP contribution in [-0.2, 0) is 25.8 Å². The number of rotatable bonds is 7. The number of carbonyl (C=O) groups is 1. The van der Waals surface area contributed by atoms with Crippen LogP contribution in [0.3, 0.4) is 0 Å². The number of hydrogen-bond acceptors (Lipinski definition) is 3. The largest absolute Gasteiger partial charge is 0.394 e. The number of amides is 2. The van der Waals surface area contributed by atoms with Gasteiger partial charge in [0.25, 0.3) is 0 Å². The Morgan fingerprint density at radius 1 is 1.28 bits per heavy atom. The lowest BCUT2D eigenvalue weighted by molar-refractivity contribution is 0.216. The molecule has 2 aromatic rings. The molecule has 3 rings (SSSR count). The molecule has 0 spiro atoms. The van der Waals surface area contributed by atoms with Crippen molar-refractivity contribution in [3.8, 4) is 0 Å². The highest BCUT2D eigenvalue weighted by molar-refractivity contribution is 5.74. The number of fused-ring (bicyclic) bond motifs is 1. The normalized spacial score (nSPS) is 14.6. The Bertz CT molecular complexity index is 660. The zero-order valence-corrected chi connectivity index (χ0v) is 14.4. The van der Waals surface area contributed by atoms with Gasteiger partial charge in [0.1, 0.15) is 5.82 Å². The van der Waals surface area contributed by atoms with Crippen LogP contribution >= 0.6 is 0 Å². The zero-order valence-electron chi connectivity index (χ0n) is 14.4. The fourth-order valence-corrected chi connectivity index (χ4v) is 3.19. The Hall–Kier alpha value is -2.34. The highest BCUT2D eigenvalue weighted by Gasteiger charge is 2.14. The van der Waals surface area contributed by atoms with Crippen molar-refractivity contribution in [3.05, 3.63) is 53.6 Å². The second-order valence-corrected chi connectivity index (χ2v) is 6.52. The number of urea groups is 1. The molecule has 0 fully saturated rings. The molecule has 0 saturated carbocycles. The van der Waals surface area contributed by atoms with E-state index >= 15 is 0 Å². The van der Waals surface area contributed by atoms with Gasteiger partial charge in [0.05, 0.1) is 18.3 Å². The third-order valence-corrected chi connectivity index (χ3v) is 4.51. The van der Waals surface area contributed by atoms with Crippen LogP contribution < -0.4 is 10.6 Å². The van der Waals surface area contributed by atoms with Gasteiger partial charge < -0.3 is 20.3 Å². The minimum atomic E-state index is -0.290. The van der Waals surface area contributed by atoms with Crippen LogP contribution in [0.5, 0.6) is 0 Å². The molecule has 1 unspecified atom stereocenters. The standard InChI is InChI=1S/C19H26N4O2/c24-14-17(12-15-6-2-1-3-7-15)22-19(25)20-10-9-16-13-23-11-5-4-8-18(23)21-16/h1-3,6-7,13,17,24H,4-5,8-12,14H2,(H2,20,22,25). The van der Waals surface area contributed by atoms with E-state index in [0.717, 1.165) is 36.5 Å². The van der Waals surface area contributed by atoms with Gasteiger partial charge in [0.15, 0.2) is 0 Å². The molecule has 3 N–H and O–H groups in total. The second-order valence-electron chi connectivity index (χ2n) is 6.52. The van der Waals surface area contributed by atoms with Crippen molar-refractivity contribution in [1.82, 2.24) is 20.2 Å². The average Bonchev–Trinajstić information content (AvgIpc) is 3.04. The molecule has 6 heteroatoms. The predicted molar refractivity (Wildman–Crippen MR) is 96.4 cm³/mol. The zero-order chi connectivity index (χ0) is 17.5. The maximum atomic E-state index is 12.0. The quantitative estimate of drug-likeness (QED) is 0.716. The molecular weight excluding hydrogens is 316 g/mol. The number of nitrogens with zero attached hydrogens (tertiary/aromatic N) is 2. The van der Waals surface area contributed by atoms with Crippen LogP contribution in [0, 0.1) is 0 Å². The van der Waals surface area contributed by atoms with Crippen molar-refractivity contribution in [2.75, 3.05) is 13.2 Å². The fraction of sp³-hybridized carbons (Fsp3) is 0.474. The van der Waals surface area contributed by atoms with E-state index in [1.54, 1.807) is 0 Å². The summed E-state index contributed by atoms with van der Waals surface area (Å²) >= 11 is 0. The molecule has 134 valence electrons. The van der Waals surface area contributed by atoms with Gasteiger partial charge in [-0.05, 0) is 24.8 Å². The molecule has 1 aromatic carbocycles. The van der Waals surface area contributed by atoms with Gasteiger partial charge in [-0.1, -0.05) is 30.3 Å². The number of imidazole rings is 1. The first-order valence-corrected chi connectivity index (χ1v) is 8.98. The molecule has 2 amide bonds. The third-order valence-electron chi connectivity index (χ3n) is 4.51. The maximum absolute atomic E-state index is 12.0. The van der Waals surface area contributed by atoms with E-state index in [1.807, 2.05) is 30.3 Å². The van der Waals surface area contributed by atoms with Crippen LogP contribution in [0.15, 0.2) is 36.5 Å². The first-order valence-electron chi connectivity index (χ1n) is 8.98. The highest BCUT2D eigenvalue weighted by atomic mass is 16.3. The molecule has 0 saturated heterocycles. The SMILES string of the molecule is O=C(NCCc1cn2c(n1)CCCC2)NC(CO)Cc1ccccc1. The summed E-state index contributed by atoms with van der Waals surface area (Å²) in [6, 6.07) is 9.29. The van der Waals surface area contributed by atoms with Gasteiger partial charge in [-0.25, -0.2) is 9.78 Å². The monoisotopic (exact) mass is 342 g/mol. The summed E-state index contributed by atoms with van der Waals surface area (Å²) in [4.78, 5) is 16.7. The number of aliphatic hydroxyl groups excluding tert-OH is 1. The molecule has 25 heavy (non-hydrogen) atoms. The number of nitrogens with one attached hydrogen (secondary N) is 2. The van der Waals surface area contributed by atoms with Crippen molar-refractivity contribution < 1.29 is 9.90 Å². The van der Waals surface area contributed by atoms with Gasteiger partial charge in [0, 0.05) is 32.1 Å². The number of aryl methyl sites for hydroxylation is 2. The van der Waals surface area contributed by atoms with Crippen LogP contribution in [0.2, 0.25) is 0 Å². The van der Waals surface area contributed by atoms with E-state index < -0.39 is 0 Å². The molecule has 1 aliphatic heterocycles. The van der Waals surface area contributed by atoms with Crippen LogP contribution in [-0.4, -0.2) is 39.9 Å². The van der Waals surface area contributed by atoms with Gasteiger partial charge in [-0.3, -0.25) is 0 Å². The summed E-state index contributed by atoms with van der Waals surface area (Å²) in [7, 11) is 0. The van der Waals surface area contributed by atoms with E-state index in [9.17, 15) is 9.90 Å². The Labute approximate surface area is 148 Å². The van der Waals surface area contributed by atoms with Gasteiger partial charge in [-0.2, -0.15) is 0 Å². The molecule has 2 heterocycles. The molecule has 0 radical (unpaired) electrons. The van der Waals surface area contributed by atoms with E-state index in [0.29, 0.717) is 13.0 Å². The fourth-order valence-electron chi connectivity index (χ4n) is 3.19. The lowest BCUT2D eigenvalue weighted by Gasteiger charge is -2.16. The summed E-state index contributed by atoms with van der Waals surface area (Å²) < 4.78 is 2.22. The number of hydrogen-bond donors (Lipinski definition) is 3. The molecule has 0 aliphatic carbocycles. The van der Waals surface area contributed by atoms with Crippen LogP contribution in [0.1, 0.15) is 29.9 Å². The summed E-state index contributed by atoms with van der Waals surface area (Å²) in [6.45, 7) is 1.50. The molecule has 1 aromatic heterocycles. The van der Waals surface area contributed by atoms with Crippen molar-refractivity contribution >= 4 is 6.03 Å². The van der Waals surface area contributed by atoms with Crippen molar-refractivity contribution in [3.63, 3.8) is 0 Å². The van der Waals surface area contributed by atoms with Gasteiger partial charge in [-0.15, -0.1) is 0 Å². The number of aromatic nitrogens is 2. The molecule has 6 nitrogen and oxygen atoms in total. The van der Waals surface area contributed by atoms with Crippen molar-refractivity contribution in [1.29, 1.82) is 0 Å². The lowest BCUT2D eigenvalue weighted by Crippen LogP contribution is -2.45. The van der Waals surface area contributed by atoms with Crippen molar-refractivity contribution in [2.24, 2.45) is 0 Å². The summed E-state index contributed by atoms with van der Waals surface area (Å²) in [5.41, 5.74) is 2.12. The van der Waals surface area contributed by atoms with Crippen molar-refractivity contribution in [2.45, 2.75) is 44.7 Å². The second kappa shape index (κ2) is 8.67. The minimum Gasteiger partial charge on any atom is -0.394 e. The van der Waals surface area contributed by atoms with E-state index in [2.05, 4.69) is 26.4 Å². The smallest absolute Gasteiger partial charge is 0.315 e. The molecule has 0 bridgehead atoms. The number of aliphatic hydroxyl groups is 1. The number of carbonyl (C=O) groups excluding carboxylic acids is 1. The summed E-state index contributed by atoms with van der Waals surface area (Å²) in [6.07, 6.45) is 6.90. The highest BCUT2D eigenvalue weighted by Crippen LogP contribution is 2.14. The summed E-state index contributed by atoms with van der Waals surface area (Å²) in [5.74, 6) is 1.16. The first kappa shape index (κ1) is 17.5. The third kappa shape index (κ3) is 5.06. The average molecular weight is 342 g/mol. The Kier molecular flexibility index (Phi) is 6.06. The minimum absolute atomic E-state index is 0.0872. The Morgan fingerprint density at radius 3 is 2.88 bits per heavy atom. The molecular formula is C19H26N4O2. The molecule has 1 aliphatic rings. The Morgan fingerprint density at radius 2 is 2.12 bits per heavy atom. The summed E-state index contributed by atoms with van der Waals surface area (Å²) in [5, 5.41) is 15.2. The lowest BCUT2D eigenvalue weighted by atomic mass is 10.1. The molecule has 1 atom stereocenters. The Balaban J connectivity index is 1.41. The predicted octanol–water partition coefficient (Wildman–Crippen LogP) is 1.66. The maximum Gasteiger partial charge on any atom is 0.315 e. The topological polar surface area (TPSA) is 79.2 Å². The van der Waals surface area contributed by atoms with E-state index in [-0.39, 0.29) is 18.7 Å². The number of benzene rings is 1. The van der Waals surface area contributed by atoms with E-state index in [1.165, 1.54) is 12.8 Å². The van der Waals surface area contributed by atoms with E-state index in [4.69, 9.17) is 0 Å².